The number of ether oxygens (including phenoxy) is 1. The molecule has 0 aliphatic rings. The molecule has 1 N–H and O–H groups in total. The zero-order valence-electron chi connectivity index (χ0n) is 11.7. The molecule has 4 heteroatoms. The zero-order chi connectivity index (χ0) is 14.0. The van der Waals surface area contributed by atoms with Crippen LogP contribution in [0.4, 0.5) is 0 Å². The highest BCUT2D eigenvalue weighted by Gasteiger charge is 2.08. The quantitative estimate of drug-likeness (QED) is 0.920. The van der Waals surface area contributed by atoms with Gasteiger partial charge in [-0.1, -0.05) is 6.07 Å². The summed E-state index contributed by atoms with van der Waals surface area (Å²) in [4.78, 5) is 18.9. The second-order valence-electron chi connectivity index (χ2n) is 4.77. The number of rotatable bonds is 3. The number of aromatic nitrogens is 2. The molecule has 2 rings (SSSR count). The van der Waals surface area contributed by atoms with E-state index >= 15 is 0 Å². The fraction of sp³-hybridized carbons (Fsp3) is 0.333. The Bertz CT molecular complexity index is 660. The molecule has 19 heavy (non-hydrogen) atoms. The van der Waals surface area contributed by atoms with Crippen molar-refractivity contribution < 1.29 is 4.74 Å². The molecule has 0 atom stereocenters. The standard InChI is InChI=1S/C15H18N2O2/c1-9-5-11(3)13(6-10(9)2)15-16-12(8-19-4)7-14(18)17-15/h5-7H,8H2,1-4H3,(H,16,17,18). The van der Waals surface area contributed by atoms with Gasteiger partial charge in [-0.05, 0) is 43.5 Å². The summed E-state index contributed by atoms with van der Waals surface area (Å²) in [6, 6.07) is 5.62. The van der Waals surface area contributed by atoms with Crippen LogP contribution in [-0.2, 0) is 11.3 Å². The lowest BCUT2D eigenvalue weighted by molar-refractivity contribution is 0.181. The van der Waals surface area contributed by atoms with Crippen LogP contribution >= 0.6 is 0 Å². The first-order valence-corrected chi connectivity index (χ1v) is 6.18. The number of hydrogen-bond donors (Lipinski definition) is 1. The van der Waals surface area contributed by atoms with E-state index in [-0.39, 0.29) is 5.56 Å². The van der Waals surface area contributed by atoms with Crippen molar-refractivity contribution >= 4 is 0 Å². The van der Waals surface area contributed by atoms with E-state index < -0.39 is 0 Å². The minimum Gasteiger partial charge on any atom is -0.378 e. The number of benzene rings is 1. The van der Waals surface area contributed by atoms with Crippen LogP contribution in [0.1, 0.15) is 22.4 Å². The third-order valence-corrected chi connectivity index (χ3v) is 3.18. The molecule has 0 aliphatic heterocycles. The third kappa shape index (κ3) is 2.90. The number of nitrogens with zero attached hydrogens (tertiary/aromatic N) is 1. The molecule has 1 aromatic carbocycles. The summed E-state index contributed by atoms with van der Waals surface area (Å²) in [6.45, 7) is 6.48. The Morgan fingerprint density at radius 1 is 1.11 bits per heavy atom. The maximum atomic E-state index is 11.7. The SMILES string of the molecule is COCc1cc(=O)[nH]c(-c2cc(C)c(C)cc2C)n1. The Morgan fingerprint density at radius 2 is 1.79 bits per heavy atom. The van der Waals surface area contributed by atoms with E-state index in [1.165, 1.54) is 17.2 Å². The first kappa shape index (κ1) is 13.5. The monoisotopic (exact) mass is 258 g/mol. The summed E-state index contributed by atoms with van der Waals surface area (Å²) in [7, 11) is 1.59. The van der Waals surface area contributed by atoms with E-state index in [1.54, 1.807) is 7.11 Å². The topological polar surface area (TPSA) is 55.0 Å². The fourth-order valence-electron chi connectivity index (χ4n) is 2.07. The summed E-state index contributed by atoms with van der Waals surface area (Å²) in [5, 5.41) is 0. The van der Waals surface area contributed by atoms with Gasteiger partial charge in [0.25, 0.3) is 5.56 Å². The first-order valence-electron chi connectivity index (χ1n) is 6.18. The van der Waals surface area contributed by atoms with Crippen LogP contribution in [0.3, 0.4) is 0 Å². The fourth-order valence-corrected chi connectivity index (χ4v) is 2.07. The minimum absolute atomic E-state index is 0.158. The molecule has 1 aromatic heterocycles. The molecule has 2 aromatic rings. The van der Waals surface area contributed by atoms with E-state index in [0.717, 1.165) is 11.1 Å². The van der Waals surface area contributed by atoms with Crippen LogP contribution in [0.5, 0.6) is 0 Å². The number of aromatic amines is 1. The molecule has 0 bridgehead atoms. The number of hydrogen-bond acceptors (Lipinski definition) is 3. The molecule has 1 heterocycles. The van der Waals surface area contributed by atoms with Gasteiger partial charge >= 0.3 is 0 Å². The van der Waals surface area contributed by atoms with Gasteiger partial charge in [-0.25, -0.2) is 4.98 Å². The van der Waals surface area contributed by atoms with Crippen LogP contribution in [0.2, 0.25) is 0 Å². The van der Waals surface area contributed by atoms with Crippen molar-refractivity contribution in [3.63, 3.8) is 0 Å². The molecule has 4 nitrogen and oxygen atoms in total. The molecule has 100 valence electrons. The first-order chi connectivity index (χ1) is 9.01. The Morgan fingerprint density at radius 3 is 2.47 bits per heavy atom. The van der Waals surface area contributed by atoms with Gasteiger partial charge in [0.15, 0.2) is 0 Å². The molecule has 0 saturated carbocycles. The largest absolute Gasteiger partial charge is 0.378 e. The second kappa shape index (κ2) is 5.36. The van der Waals surface area contributed by atoms with Gasteiger partial charge in [0.2, 0.25) is 0 Å². The van der Waals surface area contributed by atoms with Gasteiger partial charge in [0.1, 0.15) is 5.82 Å². The summed E-state index contributed by atoms with van der Waals surface area (Å²) < 4.78 is 5.03. The van der Waals surface area contributed by atoms with E-state index in [2.05, 4.69) is 35.9 Å². The van der Waals surface area contributed by atoms with E-state index in [4.69, 9.17) is 4.74 Å². The lowest BCUT2D eigenvalue weighted by Gasteiger charge is -2.10. The van der Waals surface area contributed by atoms with Crippen molar-refractivity contribution in [2.24, 2.45) is 0 Å². The summed E-state index contributed by atoms with van der Waals surface area (Å²) in [5.41, 5.74) is 4.95. The van der Waals surface area contributed by atoms with Crippen molar-refractivity contribution in [1.82, 2.24) is 9.97 Å². The molecule has 0 saturated heterocycles. The highest BCUT2D eigenvalue weighted by atomic mass is 16.5. The van der Waals surface area contributed by atoms with Crippen molar-refractivity contribution in [1.29, 1.82) is 0 Å². The van der Waals surface area contributed by atoms with Crippen LogP contribution in [0.15, 0.2) is 23.0 Å². The van der Waals surface area contributed by atoms with Gasteiger partial charge < -0.3 is 9.72 Å². The normalized spacial score (nSPS) is 10.7. The van der Waals surface area contributed by atoms with Gasteiger partial charge in [0, 0.05) is 18.7 Å². The van der Waals surface area contributed by atoms with Crippen molar-refractivity contribution in [3.8, 4) is 11.4 Å². The average molecular weight is 258 g/mol. The van der Waals surface area contributed by atoms with E-state index in [9.17, 15) is 4.79 Å². The Hall–Kier alpha value is -1.94. The third-order valence-electron chi connectivity index (χ3n) is 3.18. The van der Waals surface area contributed by atoms with Crippen molar-refractivity contribution in [3.05, 3.63) is 50.9 Å². The molecular formula is C15H18N2O2. The van der Waals surface area contributed by atoms with Crippen molar-refractivity contribution in [2.75, 3.05) is 7.11 Å². The molecule has 0 spiro atoms. The van der Waals surface area contributed by atoms with Crippen LogP contribution in [-0.4, -0.2) is 17.1 Å². The smallest absolute Gasteiger partial charge is 0.251 e. The molecule has 0 fully saturated rings. The van der Waals surface area contributed by atoms with Gasteiger partial charge in [-0.15, -0.1) is 0 Å². The highest BCUT2D eigenvalue weighted by Crippen LogP contribution is 2.23. The van der Waals surface area contributed by atoms with Gasteiger partial charge in [-0.3, -0.25) is 4.79 Å². The minimum atomic E-state index is -0.158. The maximum absolute atomic E-state index is 11.7. The van der Waals surface area contributed by atoms with Gasteiger partial charge in [-0.2, -0.15) is 0 Å². The number of aryl methyl sites for hydroxylation is 3. The van der Waals surface area contributed by atoms with Crippen molar-refractivity contribution in [2.45, 2.75) is 27.4 Å². The summed E-state index contributed by atoms with van der Waals surface area (Å²) >= 11 is 0. The Balaban J connectivity index is 2.58. The second-order valence-corrected chi connectivity index (χ2v) is 4.77. The molecule has 0 amide bonds. The van der Waals surface area contributed by atoms with Crippen LogP contribution in [0.25, 0.3) is 11.4 Å². The van der Waals surface area contributed by atoms with E-state index in [0.29, 0.717) is 18.1 Å². The van der Waals surface area contributed by atoms with E-state index in [1.807, 2.05) is 6.92 Å². The van der Waals surface area contributed by atoms with Crippen LogP contribution in [0, 0.1) is 20.8 Å². The van der Waals surface area contributed by atoms with Crippen LogP contribution < -0.4 is 5.56 Å². The Labute approximate surface area is 112 Å². The van der Waals surface area contributed by atoms with Gasteiger partial charge in [0.05, 0.1) is 12.3 Å². The summed E-state index contributed by atoms with van der Waals surface area (Å²) in [5.74, 6) is 0.597. The maximum Gasteiger partial charge on any atom is 0.251 e. The number of methoxy groups -OCH3 is 1. The lowest BCUT2D eigenvalue weighted by atomic mass is 10.0. The lowest BCUT2D eigenvalue weighted by Crippen LogP contribution is -2.11. The molecule has 0 radical (unpaired) electrons. The average Bonchev–Trinajstić information content (AvgIpc) is 2.33. The predicted molar refractivity (Wildman–Crippen MR) is 75.2 cm³/mol. The molecule has 0 unspecified atom stereocenters. The molecular weight excluding hydrogens is 240 g/mol. The number of H-pyrrole nitrogens is 1. The predicted octanol–water partition coefficient (Wildman–Crippen LogP) is 2.51. The molecule has 0 aliphatic carbocycles. The summed E-state index contributed by atoms with van der Waals surface area (Å²) in [6.07, 6.45) is 0. The number of nitrogens with one attached hydrogen (secondary N) is 1. The Kier molecular flexibility index (Phi) is 3.81. The zero-order valence-corrected chi connectivity index (χ0v) is 11.7. The highest BCUT2D eigenvalue weighted by molar-refractivity contribution is 5.62.